The molecule has 0 saturated heterocycles. The van der Waals surface area contributed by atoms with Crippen LogP contribution in [0.15, 0.2) is 24.3 Å². The van der Waals surface area contributed by atoms with Crippen molar-refractivity contribution in [3.63, 3.8) is 0 Å². The lowest BCUT2D eigenvalue weighted by Gasteiger charge is -2.11. The molecule has 0 amide bonds. The van der Waals surface area contributed by atoms with Crippen LogP contribution in [0.25, 0.3) is 0 Å². The molecule has 0 radical (unpaired) electrons. The second-order valence-electron chi connectivity index (χ2n) is 5.25. The highest BCUT2D eigenvalue weighted by molar-refractivity contribution is 7.91. The van der Waals surface area contributed by atoms with E-state index >= 15 is 0 Å². The van der Waals surface area contributed by atoms with Gasteiger partial charge >= 0.3 is 0 Å². The first-order valence-electron chi connectivity index (χ1n) is 6.54. The Hall–Kier alpha value is -1.11. The lowest BCUT2D eigenvalue weighted by molar-refractivity contribution is 0.125. The van der Waals surface area contributed by atoms with E-state index in [0.717, 1.165) is 11.3 Å². The van der Waals surface area contributed by atoms with Crippen molar-refractivity contribution in [1.82, 2.24) is 0 Å². The second kappa shape index (κ2) is 5.35. The predicted octanol–water partition coefficient (Wildman–Crippen LogP) is 0.940. The van der Waals surface area contributed by atoms with Gasteiger partial charge in [0, 0.05) is 18.8 Å². The molecule has 1 fully saturated rings. The van der Waals surface area contributed by atoms with Crippen LogP contribution in [-0.2, 0) is 14.6 Å². The summed E-state index contributed by atoms with van der Waals surface area (Å²) in [6.07, 6.45) is 1.23. The number of ether oxygens (including phenoxy) is 2. The number of sulfone groups is 1. The number of hydrogen-bond acceptors (Lipinski definition) is 5. The van der Waals surface area contributed by atoms with E-state index in [-0.39, 0.29) is 12.5 Å². The molecule has 6 heteroatoms. The van der Waals surface area contributed by atoms with E-state index in [2.05, 4.69) is 0 Å². The first-order chi connectivity index (χ1) is 9.34. The Balaban J connectivity index is 2.28. The maximum atomic E-state index is 11.9. The Morgan fingerprint density at radius 2 is 1.90 bits per heavy atom. The number of hydrogen-bond donors (Lipinski definition) is 1. The van der Waals surface area contributed by atoms with E-state index in [1.165, 1.54) is 6.26 Å². The topological polar surface area (TPSA) is 78.6 Å². The fraction of sp³-hybridized carbons (Fsp3) is 0.571. The van der Waals surface area contributed by atoms with Gasteiger partial charge in [0.1, 0.15) is 5.75 Å². The Labute approximate surface area is 120 Å². The van der Waals surface area contributed by atoms with Crippen LogP contribution in [0.3, 0.4) is 0 Å². The molecule has 3 atom stereocenters. The molecule has 1 aromatic carbocycles. The molecule has 1 aliphatic rings. The maximum Gasteiger partial charge on any atom is 0.152 e. The van der Waals surface area contributed by atoms with Gasteiger partial charge in [-0.1, -0.05) is 12.1 Å². The number of nitrogens with two attached hydrogens (primary N) is 1. The van der Waals surface area contributed by atoms with Crippen LogP contribution in [0.4, 0.5) is 0 Å². The second-order valence-corrected chi connectivity index (χ2v) is 7.42. The highest BCUT2D eigenvalue weighted by atomic mass is 32.2. The van der Waals surface area contributed by atoms with Gasteiger partial charge in [0.2, 0.25) is 0 Å². The van der Waals surface area contributed by atoms with Crippen LogP contribution in [0.5, 0.6) is 5.75 Å². The quantitative estimate of drug-likeness (QED) is 0.845. The average molecular weight is 299 g/mol. The average Bonchev–Trinajstić information content (AvgIpc) is 3.03. The molecule has 5 nitrogen and oxygen atoms in total. The molecule has 1 aliphatic carbocycles. The molecule has 1 saturated carbocycles. The lowest BCUT2D eigenvalue weighted by Crippen LogP contribution is -2.36. The molecular weight excluding hydrogens is 278 g/mol. The van der Waals surface area contributed by atoms with Gasteiger partial charge in [-0.3, -0.25) is 0 Å². The van der Waals surface area contributed by atoms with Gasteiger partial charge in [0.05, 0.1) is 24.5 Å². The van der Waals surface area contributed by atoms with Crippen LogP contribution < -0.4 is 10.5 Å². The van der Waals surface area contributed by atoms with E-state index in [1.54, 1.807) is 7.11 Å². The smallest absolute Gasteiger partial charge is 0.152 e. The molecule has 0 bridgehead atoms. The van der Waals surface area contributed by atoms with Crippen molar-refractivity contribution >= 4 is 9.84 Å². The molecule has 0 heterocycles. The van der Waals surface area contributed by atoms with E-state index in [4.69, 9.17) is 15.2 Å². The Morgan fingerprint density at radius 1 is 1.30 bits per heavy atom. The fourth-order valence-corrected chi connectivity index (χ4v) is 4.65. The highest BCUT2D eigenvalue weighted by Gasteiger charge is 2.68. The maximum absolute atomic E-state index is 11.9. The van der Waals surface area contributed by atoms with Gasteiger partial charge in [0.15, 0.2) is 9.84 Å². The summed E-state index contributed by atoms with van der Waals surface area (Å²) in [7, 11) is -1.63. The number of methoxy groups -OCH3 is 1. The zero-order chi connectivity index (χ0) is 15.0. The number of rotatable bonds is 6. The minimum atomic E-state index is -3.22. The largest absolute Gasteiger partial charge is 0.497 e. The van der Waals surface area contributed by atoms with Gasteiger partial charge in [-0.05, 0) is 24.6 Å². The van der Waals surface area contributed by atoms with Crippen molar-refractivity contribution in [2.45, 2.75) is 23.6 Å². The highest BCUT2D eigenvalue weighted by Crippen LogP contribution is 2.54. The van der Waals surface area contributed by atoms with Crippen molar-refractivity contribution < 1.29 is 17.9 Å². The van der Waals surface area contributed by atoms with Crippen LogP contribution in [0.1, 0.15) is 18.4 Å². The molecule has 20 heavy (non-hydrogen) atoms. The monoisotopic (exact) mass is 299 g/mol. The summed E-state index contributed by atoms with van der Waals surface area (Å²) >= 11 is 0. The summed E-state index contributed by atoms with van der Waals surface area (Å²) in [4.78, 5) is 0. The van der Waals surface area contributed by atoms with E-state index in [1.807, 2.05) is 31.2 Å². The van der Waals surface area contributed by atoms with E-state index in [9.17, 15) is 8.42 Å². The number of benzene rings is 1. The summed E-state index contributed by atoms with van der Waals surface area (Å²) in [6.45, 7) is 2.63. The van der Waals surface area contributed by atoms with Crippen LogP contribution in [0, 0.1) is 0 Å². The fourth-order valence-electron chi connectivity index (χ4n) is 2.82. The van der Waals surface area contributed by atoms with Crippen molar-refractivity contribution in [3.8, 4) is 5.75 Å². The predicted molar refractivity (Wildman–Crippen MR) is 77.8 cm³/mol. The van der Waals surface area contributed by atoms with Crippen LogP contribution in [-0.4, -0.2) is 45.8 Å². The van der Waals surface area contributed by atoms with Crippen LogP contribution in [0.2, 0.25) is 0 Å². The molecular formula is C14H21NO4S. The zero-order valence-electron chi connectivity index (χ0n) is 12.0. The van der Waals surface area contributed by atoms with E-state index < -0.39 is 20.6 Å². The first-order valence-corrected chi connectivity index (χ1v) is 8.49. The summed E-state index contributed by atoms with van der Waals surface area (Å²) in [5.41, 5.74) is 6.35. The SMILES string of the molecule is CCOC[C@@]1(N)[C@@H](c2ccc(OC)cc2)[C@@H]1S(C)(=O)=O. The Kier molecular flexibility index (Phi) is 4.09. The molecule has 2 N–H and O–H groups in total. The molecule has 0 aromatic heterocycles. The van der Waals surface area contributed by atoms with Crippen molar-refractivity contribution in [2.24, 2.45) is 5.73 Å². The minimum absolute atomic E-state index is 0.227. The van der Waals surface area contributed by atoms with Gasteiger partial charge in [-0.2, -0.15) is 0 Å². The summed E-state index contributed by atoms with van der Waals surface area (Å²) in [5, 5.41) is -0.588. The summed E-state index contributed by atoms with van der Waals surface area (Å²) in [5.74, 6) is 0.507. The zero-order valence-corrected chi connectivity index (χ0v) is 12.8. The van der Waals surface area contributed by atoms with E-state index in [0.29, 0.717) is 6.61 Å². The third-order valence-electron chi connectivity index (χ3n) is 3.79. The molecule has 0 aliphatic heterocycles. The Bertz CT molecular complexity index is 569. The molecule has 2 rings (SSSR count). The minimum Gasteiger partial charge on any atom is -0.497 e. The van der Waals surface area contributed by atoms with Gasteiger partial charge in [0.25, 0.3) is 0 Å². The molecule has 0 spiro atoms. The van der Waals surface area contributed by atoms with Crippen molar-refractivity contribution in [2.75, 3.05) is 26.6 Å². The van der Waals surface area contributed by atoms with Gasteiger partial charge in [-0.25, -0.2) is 8.42 Å². The van der Waals surface area contributed by atoms with Gasteiger partial charge < -0.3 is 15.2 Å². The lowest BCUT2D eigenvalue weighted by atomic mass is 10.1. The summed E-state index contributed by atoms with van der Waals surface area (Å²) in [6, 6.07) is 7.35. The first kappa shape index (κ1) is 15.3. The molecule has 112 valence electrons. The normalized spacial score (nSPS) is 29.2. The van der Waals surface area contributed by atoms with Gasteiger partial charge in [-0.15, -0.1) is 0 Å². The standard InChI is InChI=1S/C14H21NO4S/c1-4-19-9-14(15)12(13(14)20(3,16)17)10-5-7-11(18-2)8-6-10/h5-8,12-13H,4,9,15H2,1-3H3/t12-,13-,14+/m0/s1. The van der Waals surface area contributed by atoms with Crippen molar-refractivity contribution in [3.05, 3.63) is 29.8 Å². The van der Waals surface area contributed by atoms with Crippen LogP contribution >= 0.6 is 0 Å². The molecule has 0 unspecified atom stereocenters. The summed E-state index contributed by atoms with van der Waals surface area (Å²) < 4.78 is 34.3. The Morgan fingerprint density at radius 3 is 2.35 bits per heavy atom. The third-order valence-corrected chi connectivity index (χ3v) is 5.43. The molecule has 1 aromatic rings. The van der Waals surface area contributed by atoms with Crippen molar-refractivity contribution in [1.29, 1.82) is 0 Å². The third kappa shape index (κ3) is 2.68.